The lowest BCUT2D eigenvalue weighted by atomic mass is 10.0. The van der Waals surface area contributed by atoms with Crippen LogP contribution >= 0.6 is 64.8 Å². The second-order valence-electron chi connectivity index (χ2n) is 15.0. The highest BCUT2D eigenvalue weighted by Gasteiger charge is 2.10. The predicted octanol–water partition coefficient (Wildman–Crippen LogP) is 11.5. The Bertz CT molecular complexity index is 1030. The Labute approximate surface area is 419 Å². The Morgan fingerprint density at radius 2 is 0.815 bits per heavy atom. The zero-order valence-corrected chi connectivity index (χ0v) is 46.3. The summed E-state index contributed by atoms with van der Waals surface area (Å²) >= 11 is 0. The van der Waals surface area contributed by atoms with Crippen LogP contribution in [0.4, 0.5) is 0 Å². The molecule has 0 saturated carbocycles. The highest BCUT2D eigenvalue weighted by atomic mass is 33.1. The number of hydrogen-bond donors (Lipinski definition) is 4. The minimum Gasteiger partial charge on any atom is -0.481 e. The van der Waals surface area contributed by atoms with Gasteiger partial charge < -0.3 is 39.8 Å². The summed E-state index contributed by atoms with van der Waals surface area (Å²) in [5.74, 6) is -2.03. The number of carbonyl (C=O) groups is 5. The second-order valence-corrected chi connectivity index (χ2v) is 23.0. The fourth-order valence-electron chi connectivity index (χ4n) is 5.60. The van der Waals surface area contributed by atoms with Crippen molar-refractivity contribution >= 4 is 94.3 Å². The molecule has 0 radical (unpaired) electrons. The van der Waals surface area contributed by atoms with Crippen LogP contribution in [-0.2, 0) is 42.9 Å². The first kappa shape index (κ1) is 71.0. The molecule has 0 aliphatic heterocycles. The van der Waals surface area contributed by atoms with E-state index in [4.69, 9.17) is 29.2 Å². The van der Waals surface area contributed by atoms with Gasteiger partial charge in [0.1, 0.15) is 13.2 Å². The van der Waals surface area contributed by atoms with E-state index in [1.54, 1.807) is 71.7 Å². The molecule has 0 heterocycles. The largest absolute Gasteiger partial charge is 0.481 e. The summed E-state index contributed by atoms with van der Waals surface area (Å²) in [4.78, 5) is 57.0. The number of nitrogens with one attached hydrogen (secondary N) is 2. The van der Waals surface area contributed by atoms with Gasteiger partial charge in [-0.3, -0.25) is 24.0 Å². The summed E-state index contributed by atoms with van der Waals surface area (Å²) in [7, 11) is 10.6. The number of rotatable bonds is 45. The van der Waals surface area contributed by atoms with Crippen molar-refractivity contribution in [3.8, 4) is 0 Å². The zero-order valence-electron chi connectivity index (χ0n) is 41.4. The second kappa shape index (κ2) is 63.5. The molecule has 65 heavy (non-hydrogen) atoms. The number of Topliss-reactive ketones (excluding diaryl/α,β-unsaturated/α-hetero) is 1. The summed E-state index contributed by atoms with van der Waals surface area (Å²) in [6, 6.07) is 0. The molecule has 0 unspecified atom stereocenters. The molecular weight excluding hydrogens is 949 g/mol. The van der Waals surface area contributed by atoms with E-state index in [0.29, 0.717) is 78.2 Å². The van der Waals surface area contributed by atoms with Gasteiger partial charge in [0, 0.05) is 39.0 Å². The number of carboxylic acid groups (broad SMARTS) is 2. The van der Waals surface area contributed by atoms with Crippen LogP contribution in [0.15, 0.2) is 0 Å². The first-order chi connectivity index (χ1) is 31.5. The van der Waals surface area contributed by atoms with E-state index < -0.39 is 11.9 Å². The smallest absolute Gasteiger partial charge is 0.306 e. The number of hydrogen-bond acceptors (Lipinski definition) is 15. The fraction of sp³-hybridized carbons (Fsp3) is 0.891. The Morgan fingerprint density at radius 1 is 0.415 bits per heavy atom. The molecule has 0 aromatic rings. The number of unbranched alkanes of at least 4 members (excludes halogenated alkanes) is 16. The van der Waals surface area contributed by atoms with Gasteiger partial charge in [-0.1, -0.05) is 168 Å². The summed E-state index contributed by atoms with van der Waals surface area (Å²) in [5.41, 5.74) is 0. The van der Waals surface area contributed by atoms with Gasteiger partial charge >= 0.3 is 11.9 Å². The fourth-order valence-corrected chi connectivity index (χ4v) is 5.60. The van der Waals surface area contributed by atoms with Crippen LogP contribution in [0.3, 0.4) is 0 Å². The van der Waals surface area contributed by atoms with E-state index >= 15 is 0 Å². The molecule has 1 atom stereocenters. The number of carboxylic acids is 2. The van der Waals surface area contributed by atoms with E-state index in [-0.39, 0.29) is 43.3 Å². The van der Waals surface area contributed by atoms with Crippen molar-refractivity contribution in [2.45, 2.75) is 155 Å². The third-order valence-electron chi connectivity index (χ3n) is 9.41. The Morgan fingerprint density at radius 3 is 1.26 bits per heavy atom. The minimum atomic E-state index is -0.803. The molecule has 388 valence electrons. The van der Waals surface area contributed by atoms with Gasteiger partial charge in [0.15, 0.2) is 5.78 Å². The van der Waals surface area contributed by atoms with Gasteiger partial charge in [-0.25, -0.2) is 0 Å². The summed E-state index contributed by atoms with van der Waals surface area (Å²) in [5, 5.41) is 23.1. The number of ketones is 1. The Balaban J connectivity index is -0.00000137. The molecule has 0 aromatic carbocycles. The number of ether oxygens (including phenoxy) is 4. The van der Waals surface area contributed by atoms with Gasteiger partial charge in [-0.15, -0.1) is 0 Å². The van der Waals surface area contributed by atoms with Gasteiger partial charge in [-0.05, 0) is 69.6 Å². The average Bonchev–Trinajstić information content (AvgIpc) is 3.30. The van der Waals surface area contributed by atoms with Crippen molar-refractivity contribution in [1.82, 2.24) is 10.6 Å². The minimum absolute atomic E-state index is 0.00984. The molecule has 0 saturated heterocycles. The monoisotopic (exact) mass is 1040 g/mol. The van der Waals surface area contributed by atoms with Crippen molar-refractivity contribution in [2.75, 3.05) is 103 Å². The predicted molar refractivity (Wildman–Crippen MR) is 286 cm³/mol. The standard InChI is InChI=1S/C40H74N2O11.3C2H6S2/c1-35(40(48)49)21-18-19-25-41-38(45)34-53-32-29-50-27-20-22-36(43)33-52-31-30-51-28-26-42-37(44)23-16-14-12-10-8-6-4-2-3-5-7-9-11-13-15-17-24-39(46)47;3*1-3-4-2/h35H,2-34H2,1H3,(H,41,45)(H,42,44)(H,46,47)(H,48,49);3*1-2H3/t35-;;;/m0.../s1. The first-order valence-corrected chi connectivity index (χ1v) is 32.4. The van der Waals surface area contributed by atoms with E-state index in [9.17, 15) is 24.0 Å². The molecule has 0 fully saturated rings. The molecule has 0 spiro atoms. The van der Waals surface area contributed by atoms with E-state index in [1.807, 2.05) is 0 Å². The third-order valence-corrected chi connectivity index (χ3v) is 13.4. The first-order valence-electron chi connectivity index (χ1n) is 23.5. The van der Waals surface area contributed by atoms with Crippen LogP contribution in [0.5, 0.6) is 0 Å². The molecule has 0 bridgehead atoms. The molecule has 0 aliphatic carbocycles. The maximum atomic E-state index is 12.0. The van der Waals surface area contributed by atoms with Crippen LogP contribution < -0.4 is 10.6 Å². The Hall–Kier alpha value is -0.510. The molecule has 0 aromatic heterocycles. The lowest BCUT2D eigenvalue weighted by Gasteiger charge is -2.08. The van der Waals surface area contributed by atoms with Gasteiger partial charge in [0.05, 0.1) is 39.0 Å². The van der Waals surface area contributed by atoms with Gasteiger partial charge in [0.2, 0.25) is 11.8 Å². The molecular formula is C46H92N2O11S6. The van der Waals surface area contributed by atoms with Crippen LogP contribution in [0, 0.1) is 5.92 Å². The average molecular weight is 1040 g/mol. The van der Waals surface area contributed by atoms with E-state index in [1.165, 1.54) is 70.6 Å². The number of aliphatic carboxylic acids is 2. The SMILES string of the molecule is CSSC.CSSC.CSSC.C[C@@H](CCCCNC(=O)COCCOCCCC(=O)COCCOCCNC(=O)CCCCCCCCCCCCCCCCCCC(=O)O)C(=O)O. The van der Waals surface area contributed by atoms with Crippen molar-refractivity contribution in [3.05, 3.63) is 0 Å². The molecule has 0 aliphatic rings. The lowest BCUT2D eigenvalue weighted by molar-refractivity contribution is -0.141. The van der Waals surface area contributed by atoms with Gasteiger partial charge in [-0.2, -0.15) is 0 Å². The molecule has 0 rings (SSSR count). The topological polar surface area (TPSA) is 187 Å². The molecule has 2 amide bonds. The lowest BCUT2D eigenvalue weighted by Crippen LogP contribution is -2.29. The van der Waals surface area contributed by atoms with Crippen molar-refractivity contribution in [3.63, 3.8) is 0 Å². The summed E-state index contributed by atoms with van der Waals surface area (Å²) in [6.07, 6.45) is 35.2. The molecule has 19 heteroatoms. The van der Waals surface area contributed by atoms with Crippen LogP contribution in [-0.4, -0.2) is 143 Å². The maximum Gasteiger partial charge on any atom is 0.306 e. The normalized spacial score (nSPS) is 10.9. The quantitative estimate of drug-likeness (QED) is 0.0333. The van der Waals surface area contributed by atoms with Crippen molar-refractivity contribution in [1.29, 1.82) is 0 Å². The number of amides is 2. The van der Waals surface area contributed by atoms with Crippen LogP contribution in [0.25, 0.3) is 0 Å². The Kier molecular flexibility index (Phi) is 69.4. The van der Waals surface area contributed by atoms with E-state index in [2.05, 4.69) is 48.2 Å². The third kappa shape index (κ3) is 72.6. The summed E-state index contributed by atoms with van der Waals surface area (Å²) in [6.45, 7) is 4.67. The van der Waals surface area contributed by atoms with Crippen molar-refractivity contribution in [2.24, 2.45) is 5.92 Å². The molecule has 4 N–H and O–H groups in total. The highest BCUT2D eigenvalue weighted by molar-refractivity contribution is 8.76. The summed E-state index contributed by atoms with van der Waals surface area (Å²) < 4.78 is 21.6. The van der Waals surface area contributed by atoms with Gasteiger partial charge in [0.25, 0.3) is 0 Å². The molecule has 13 nitrogen and oxygen atoms in total. The maximum absolute atomic E-state index is 12.0. The number of carbonyl (C=O) groups excluding carboxylic acids is 3. The highest BCUT2D eigenvalue weighted by Crippen LogP contribution is 2.15. The van der Waals surface area contributed by atoms with Crippen LogP contribution in [0.1, 0.15) is 155 Å². The van der Waals surface area contributed by atoms with Crippen LogP contribution in [0.2, 0.25) is 0 Å². The van der Waals surface area contributed by atoms with Crippen molar-refractivity contribution < 1.29 is 53.1 Å². The van der Waals surface area contributed by atoms with E-state index in [0.717, 1.165) is 44.9 Å². The zero-order chi connectivity index (χ0) is 49.3.